The van der Waals surface area contributed by atoms with E-state index < -0.39 is 0 Å². The lowest BCUT2D eigenvalue weighted by Crippen LogP contribution is -2.32. The number of thiophene rings is 1. The summed E-state index contributed by atoms with van der Waals surface area (Å²) in [6.45, 7) is 0.240. The maximum atomic E-state index is 12.2. The topological polar surface area (TPSA) is 76.9 Å². The first-order chi connectivity index (χ1) is 13.7. The van der Waals surface area contributed by atoms with E-state index in [4.69, 9.17) is 0 Å². The second-order valence-electron chi connectivity index (χ2n) is 6.00. The van der Waals surface area contributed by atoms with E-state index in [2.05, 4.69) is 15.3 Å². The zero-order valence-corrected chi connectivity index (χ0v) is 16.4. The fourth-order valence-electron chi connectivity index (χ4n) is 2.60. The third-order valence-corrected chi connectivity index (χ3v) is 5.84. The molecule has 4 rings (SSSR count). The van der Waals surface area contributed by atoms with Crippen LogP contribution in [0.4, 0.5) is 0 Å². The highest BCUT2D eigenvalue weighted by Gasteiger charge is 2.09. The van der Waals surface area contributed by atoms with Gasteiger partial charge in [0.25, 0.3) is 5.56 Å². The molecule has 1 aromatic carbocycles. The van der Waals surface area contributed by atoms with Crippen molar-refractivity contribution in [2.75, 3.05) is 0 Å². The van der Waals surface area contributed by atoms with Gasteiger partial charge >= 0.3 is 0 Å². The van der Waals surface area contributed by atoms with Crippen molar-refractivity contribution in [2.24, 2.45) is 0 Å². The number of aromatic nitrogens is 3. The molecule has 0 radical (unpaired) electrons. The summed E-state index contributed by atoms with van der Waals surface area (Å²) >= 11 is 3.05. The van der Waals surface area contributed by atoms with Crippen molar-refractivity contribution >= 4 is 28.6 Å². The highest BCUT2D eigenvalue weighted by Crippen LogP contribution is 2.23. The fourth-order valence-corrected chi connectivity index (χ4v) is 4.12. The molecule has 1 amide bonds. The SMILES string of the molecule is O=C(Cn1cnc(-c2cccs2)cc1=O)NCc1csc(-c2ccccc2)n1. The van der Waals surface area contributed by atoms with Crippen LogP contribution < -0.4 is 10.9 Å². The number of thiazole rings is 1. The summed E-state index contributed by atoms with van der Waals surface area (Å²) in [5.41, 5.74) is 2.20. The normalized spacial score (nSPS) is 10.7. The van der Waals surface area contributed by atoms with Crippen molar-refractivity contribution < 1.29 is 4.79 Å². The Hall–Kier alpha value is -3.10. The van der Waals surface area contributed by atoms with Crippen molar-refractivity contribution in [2.45, 2.75) is 13.1 Å². The molecule has 0 atom stereocenters. The van der Waals surface area contributed by atoms with Crippen molar-refractivity contribution in [3.63, 3.8) is 0 Å². The Balaban J connectivity index is 1.36. The van der Waals surface area contributed by atoms with Crippen LogP contribution in [0.25, 0.3) is 21.1 Å². The van der Waals surface area contributed by atoms with Crippen molar-refractivity contribution in [1.82, 2.24) is 19.9 Å². The zero-order chi connectivity index (χ0) is 19.3. The van der Waals surface area contributed by atoms with E-state index in [1.165, 1.54) is 39.6 Å². The van der Waals surface area contributed by atoms with E-state index in [1.807, 2.05) is 53.2 Å². The van der Waals surface area contributed by atoms with Crippen LogP contribution in [0, 0.1) is 0 Å². The quantitative estimate of drug-likeness (QED) is 0.530. The first-order valence-corrected chi connectivity index (χ1v) is 10.3. The van der Waals surface area contributed by atoms with Gasteiger partial charge in [0.1, 0.15) is 11.6 Å². The number of benzene rings is 1. The van der Waals surface area contributed by atoms with E-state index >= 15 is 0 Å². The summed E-state index contributed by atoms with van der Waals surface area (Å²) < 4.78 is 1.29. The molecule has 0 aliphatic heterocycles. The number of amides is 1. The van der Waals surface area contributed by atoms with Gasteiger partial charge in [-0.15, -0.1) is 22.7 Å². The summed E-state index contributed by atoms with van der Waals surface area (Å²) in [5.74, 6) is -0.262. The van der Waals surface area contributed by atoms with Gasteiger partial charge in [0.2, 0.25) is 5.91 Å². The van der Waals surface area contributed by atoms with Gasteiger partial charge in [-0.3, -0.25) is 14.2 Å². The minimum atomic E-state index is -0.262. The number of nitrogens with one attached hydrogen (secondary N) is 1. The molecule has 0 saturated heterocycles. The van der Waals surface area contributed by atoms with Crippen LogP contribution in [0.5, 0.6) is 0 Å². The van der Waals surface area contributed by atoms with Gasteiger partial charge in [-0.05, 0) is 11.4 Å². The molecule has 6 nitrogen and oxygen atoms in total. The molecule has 0 saturated carbocycles. The largest absolute Gasteiger partial charge is 0.349 e. The van der Waals surface area contributed by atoms with Gasteiger partial charge in [0, 0.05) is 17.0 Å². The highest BCUT2D eigenvalue weighted by atomic mass is 32.1. The van der Waals surface area contributed by atoms with Crippen LogP contribution in [-0.2, 0) is 17.9 Å². The Morgan fingerprint density at radius 1 is 1.11 bits per heavy atom. The summed E-state index contributed by atoms with van der Waals surface area (Å²) in [5, 5.41) is 7.56. The van der Waals surface area contributed by atoms with E-state index in [0.717, 1.165) is 21.1 Å². The van der Waals surface area contributed by atoms with E-state index in [9.17, 15) is 9.59 Å². The minimum Gasteiger partial charge on any atom is -0.349 e. The molecular weight excluding hydrogens is 392 g/mol. The maximum absolute atomic E-state index is 12.2. The van der Waals surface area contributed by atoms with Crippen molar-refractivity contribution in [1.29, 1.82) is 0 Å². The smallest absolute Gasteiger partial charge is 0.254 e. The molecule has 0 spiro atoms. The molecule has 140 valence electrons. The number of nitrogens with zero attached hydrogens (tertiary/aromatic N) is 3. The molecule has 0 aliphatic carbocycles. The molecule has 1 N–H and O–H groups in total. The van der Waals surface area contributed by atoms with Gasteiger partial charge < -0.3 is 5.32 Å². The Kier molecular flexibility index (Phi) is 5.41. The van der Waals surface area contributed by atoms with Gasteiger partial charge in [-0.2, -0.15) is 0 Å². The monoisotopic (exact) mass is 408 g/mol. The number of hydrogen-bond donors (Lipinski definition) is 1. The van der Waals surface area contributed by atoms with Crippen LogP contribution in [-0.4, -0.2) is 20.4 Å². The molecule has 3 aromatic heterocycles. The molecule has 0 bridgehead atoms. The van der Waals surface area contributed by atoms with Crippen molar-refractivity contribution in [3.8, 4) is 21.1 Å². The Morgan fingerprint density at radius 2 is 1.96 bits per heavy atom. The summed E-state index contributed by atoms with van der Waals surface area (Å²) in [4.78, 5) is 34.2. The average Bonchev–Trinajstić information content (AvgIpc) is 3.41. The predicted octanol–water partition coefficient (Wildman–Crippen LogP) is 3.41. The fraction of sp³-hybridized carbons (Fsp3) is 0.100. The van der Waals surface area contributed by atoms with E-state index in [-0.39, 0.29) is 18.0 Å². The van der Waals surface area contributed by atoms with Crippen LogP contribution in [0.2, 0.25) is 0 Å². The zero-order valence-electron chi connectivity index (χ0n) is 14.7. The second kappa shape index (κ2) is 8.28. The first-order valence-electron chi connectivity index (χ1n) is 8.56. The van der Waals surface area contributed by atoms with Gasteiger partial charge in [0.15, 0.2) is 0 Å². The standard InChI is InChI=1S/C20H16N4O2S2/c25-18(11-24-13-22-16(9-19(24)26)17-7-4-8-27-17)21-10-15-12-28-20(23-15)14-5-2-1-3-6-14/h1-9,12-13H,10-11H2,(H,21,25). The second-order valence-corrected chi connectivity index (χ2v) is 7.81. The Labute approximate surface area is 169 Å². The molecule has 3 heterocycles. The van der Waals surface area contributed by atoms with Crippen LogP contribution in [0.1, 0.15) is 5.69 Å². The predicted molar refractivity (Wildman–Crippen MR) is 111 cm³/mol. The molecule has 28 heavy (non-hydrogen) atoms. The summed E-state index contributed by atoms with van der Waals surface area (Å²) in [7, 11) is 0. The number of carbonyl (C=O) groups excluding carboxylic acids is 1. The lowest BCUT2D eigenvalue weighted by Gasteiger charge is -2.06. The molecule has 4 aromatic rings. The minimum absolute atomic E-state index is 0.0771. The Morgan fingerprint density at radius 3 is 2.71 bits per heavy atom. The summed E-state index contributed by atoms with van der Waals surface area (Å²) in [6.07, 6.45) is 1.41. The summed E-state index contributed by atoms with van der Waals surface area (Å²) in [6, 6.07) is 15.2. The van der Waals surface area contributed by atoms with Crippen LogP contribution in [0.3, 0.4) is 0 Å². The third-order valence-electron chi connectivity index (χ3n) is 4.01. The molecule has 8 heteroatoms. The van der Waals surface area contributed by atoms with Gasteiger partial charge in [-0.25, -0.2) is 9.97 Å². The molecule has 0 unspecified atom stereocenters. The number of hydrogen-bond acceptors (Lipinski definition) is 6. The first kappa shape index (κ1) is 18.3. The van der Waals surface area contributed by atoms with Crippen LogP contribution in [0.15, 0.2) is 70.4 Å². The van der Waals surface area contributed by atoms with Crippen LogP contribution >= 0.6 is 22.7 Å². The van der Waals surface area contributed by atoms with Gasteiger partial charge in [0.05, 0.1) is 29.1 Å². The number of carbonyl (C=O) groups is 1. The van der Waals surface area contributed by atoms with Gasteiger partial charge in [-0.1, -0.05) is 36.4 Å². The van der Waals surface area contributed by atoms with E-state index in [0.29, 0.717) is 12.2 Å². The number of rotatable bonds is 6. The highest BCUT2D eigenvalue weighted by molar-refractivity contribution is 7.13. The third kappa shape index (κ3) is 4.24. The lowest BCUT2D eigenvalue weighted by atomic mass is 10.2. The van der Waals surface area contributed by atoms with Crippen molar-refractivity contribution in [3.05, 3.63) is 81.7 Å². The molecule has 0 aliphatic rings. The lowest BCUT2D eigenvalue weighted by molar-refractivity contribution is -0.121. The molecular formula is C20H16N4O2S2. The maximum Gasteiger partial charge on any atom is 0.254 e. The average molecular weight is 409 g/mol. The Bertz CT molecular complexity index is 1130. The molecule has 0 fully saturated rings. The van der Waals surface area contributed by atoms with E-state index in [1.54, 1.807) is 0 Å².